The Kier molecular flexibility index (Phi) is 51.2. The van der Waals surface area contributed by atoms with Crippen molar-refractivity contribution in [1.29, 1.82) is 0 Å². The van der Waals surface area contributed by atoms with Gasteiger partial charge in [0, 0.05) is 6.42 Å². The Bertz CT molecular complexity index is 117. The van der Waals surface area contributed by atoms with Gasteiger partial charge >= 0.3 is 0 Å². The zero-order chi connectivity index (χ0) is 15.9. The first-order valence-electron chi connectivity index (χ1n) is 8.44. The molecule has 0 atom stereocenters. The van der Waals surface area contributed by atoms with E-state index in [1.807, 2.05) is 27.7 Å². The Morgan fingerprint density at radius 1 is 0.737 bits per heavy atom. The van der Waals surface area contributed by atoms with Crippen LogP contribution in [0.2, 0.25) is 0 Å². The van der Waals surface area contributed by atoms with Crippen LogP contribution in [-0.2, 0) is 4.74 Å². The first kappa shape index (κ1) is 27.0. The van der Waals surface area contributed by atoms with Gasteiger partial charge in [-0.25, -0.2) is 0 Å². The second-order valence-electron chi connectivity index (χ2n) is 3.91. The van der Waals surface area contributed by atoms with Crippen molar-refractivity contribution in [3.8, 4) is 0 Å². The van der Waals surface area contributed by atoms with Crippen LogP contribution in [0.5, 0.6) is 0 Å². The molecule has 0 fully saturated rings. The van der Waals surface area contributed by atoms with Gasteiger partial charge < -0.3 is 4.74 Å². The van der Waals surface area contributed by atoms with Crippen molar-refractivity contribution < 1.29 is 4.74 Å². The second-order valence-corrected chi connectivity index (χ2v) is 3.91. The molecule has 1 heteroatoms. The van der Waals surface area contributed by atoms with Gasteiger partial charge in [0.25, 0.3) is 0 Å². The molecule has 19 heavy (non-hydrogen) atoms. The minimum absolute atomic E-state index is 0.918. The molecule has 0 aromatic heterocycles. The molecule has 0 aliphatic heterocycles. The van der Waals surface area contributed by atoms with Gasteiger partial charge in [0.05, 0.1) is 12.9 Å². The Balaban J connectivity index is -0.000000118. The van der Waals surface area contributed by atoms with Gasteiger partial charge in [0.2, 0.25) is 0 Å². The smallest absolute Gasteiger partial charge is 0.0883 e. The summed E-state index contributed by atoms with van der Waals surface area (Å²) in [6.45, 7) is 18.4. The fourth-order valence-corrected chi connectivity index (χ4v) is 1.03. The summed E-state index contributed by atoms with van der Waals surface area (Å²) >= 11 is 0. The first-order chi connectivity index (χ1) is 9.22. The fourth-order valence-electron chi connectivity index (χ4n) is 1.03. The molecule has 0 aromatic rings. The minimum Gasteiger partial charge on any atom is -0.502 e. The third-order valence-electron chi connectivity index (χ3n) is 2.35. The third-order valence-corrected chi connectivity index (χ3v) is 2.35. The fraction of sp³-hybridized carbons (Fsp3) is 0.889. The molecule has 0 aliphatic rings. The Morgan fingerprint density at radius 3 is 1.47 bits per heavy atom. The molecule has 0 unspecified atom stereocenters. The van der Waals surface area contributed by atoms with E-state index in [0.717, 1.165) is 12.2 Å². The lowest BCUT2D eigenvalue weighted by atomic mass is 10.1. The van der Waals surface area contributed by atoms with E-state index in [9.17, 15) is 0 Å². The molecule has 0 saturated carbocycles. The zero-order valence-corrected chi connectivity index (χ0v) is 15.3. The average molecular weight is 275 g/mol. The summed E-state index contributed by atoms with van der Waals surface area (Å²) in [5.41, 5.74) is 0. The minimum atomic E-state index is 0.918. The molecule has 0 heterocycles. The lowest BCUT2D eigenvalue weighted by molar-refractivity contribution is 0.276. The van der Waals surface area contributed by atoms with Crippen LogP contribution in [0.1, 0.15) is 99.8 Å². The summed E-state index contributed by atoms with van der Waals surface area (Å²) in [7, 11) is 1.69. The van der Waals surface area contributed by atoms with Crippen LogP contribution >= 0.6 is 0 Å². The van der Waals surface area contributed by atoms with Crippen molar-refractivity contribution in [2.45, 2.75) is 99.8 Å². The summed E-state index contributed by atoms with van der Waals surface area (Å²) in [5.74, 6) is 0.918. The second kappa shape index (κ2) is 36.0. The van der Waals surface area contributed by atoms with Crippen molar-refractivity contribution in [3.05, 3.63) is 12.3 Å². The van der Waals surface area contributed by atoms with Gasteiger partial charge in [-0.05, 0) is 6.42 Å². The summed E-state index contributed by atoms with van der Waals surface area (Å²) in [4.78, 5) is 0. The predicted octanol–water partition coefficient (Wildman–Crippen LogP) is 7.37. The van der Waals surface area contributed by atoms with Crippen molar-refractivity contribution >= 4 is 0 Å². The first-order valence-corrected chi connectivity index (χ1v) is 8.44. The Labute approximate surface area is 124 Å². The number of hydrogen-bond acceptors (Lipinski definition) is 1. The van der Waals surface area contributed by atoms with E-state index >= 15 is 0 Å². The van der Waals surface area contributed by atoms with E-state index in [1.54, 1.807) is 7.11 Å². The van der Waals surface area contributed by atoms with E-state index in [2.05, 4.69) is 27.4 Å². The van der Waals surface area contributed by atoms with Crippen molar-refractivity contribution in [2.75, 3.05) is 7.11 Å². The van der Waals surface area contributed by atoms with Gasteiger partial charge in [-0.3, -0.25) is 0 Å². The lowest BCUT2D eigenvalue weighted by Gasteiger charge is -2.02. The number of rotatable bonds is 8. The van der Waals surface area contributed by atoms with Gasteiger partial charge in [0.15, 0.2) is 0 Å². The maximum atomic E-state index is 4.96. The molecule has 0 rings (SSSR count). The highest BCUT2D eigenvalue weighted by atomic mass is 16.5. The standard InChI is InChI=1S/C10H20O.C4H10.2C2H6/c1-4-5-6-7-8-9-10(2)11-3;1-3-4-2;2*1-2/h2,4-9H2,1,3H3;3-4H2,1-2H3;2*1-2H3. The predicted molar refractivity (Wildman–Crippen MR) is 92.8 cm³/mol. The Morgan fingerprint density at radius 2 is 1.16 bits per heavy atom. The van der Waals surface area contributed by atoms with E-state index in [4.69, 9.17) is 4.74 Å². The van der Waals surface area contributed by atoms with E-state index in [-0.39, 0.29) is 0 Å². The summed E-state index contributed by atoms with van der Waals surface area (Å²) in [5, 5.41) is 0. The van der Waals surface area contributed by atoms with Gasteiger partial charge in [0.1, 0.15) is 0 Å². The topological polar surface area (TPSA) is 9.23 Å². The van der Waals surface area contributed by atoms with Gasteiger partial charge in [-0.1, -0.05) is 93.6 Å². The van der Waals surface area contributed by atoms with Crippen molar-refractivity contribution in [3.63, 3.8) is 0 Å². The zero-order valence-electron chi connectivity index (χ0n) is 15.3. The highest BCUT2D eigenvalue weighted by Crippen LogP contribution is 2.09. The monoisotopic (exact) mass is 274 g/mol. The molecule has 0 N–H and O–H groups in total. The molecule has 1 nitrogen and oxygen atoms in total. The average Bonchev–Trinajstić information content (AvgIpc) is 2.51. The molecule has 0 aromatic carbocycles. The summed E-state index contributed by atoms with van der Waals surface area (Å²) in [6, 6.07) is 0. The molecule has 0 amide bonds. The van der Waals surface area contributed by atoms with Crippen LogP contribution in [0.3, 0.4) is 0 Å². The van der Waals surface area contributed by atoms with E-state index in [0.29, 0.717) is 0 Å². The number of unbranched alkanes of at least 4 members (excludes halogenated alkanes) is 5. The highest BCUT2D eigenvalue weighted by Gasteiger charge is 1.92. The molecule has 0 saturated heterocycles. The number of methoxy groups -OCH3 is 1. The Hall–Kier alpha value is -0.460. The molecular weight excluding hydrogens is 232 g/mol. The molecule has 0 spiro atoms. The third kappa shape index (κ3) is 46.5. The van der Waals surface area contributed by atoms with Gasteiger partial charge in [-0.15, -0.1) is 0 Å². The molecule has 120 valence electrons. The van der Waals surface area contributed by atoms with Gasteiger partial charge in [-0.2, -0.15) is 0 Å². The maximum absolute atomic E-state index is 4.96. The number of allylic oxidation sites excluding steroid dienone is 1. The SMILES string of the molecule is C=C(CCCCCCC)OC.CC.CC.CCCC. The summed E-state index contributed by atoms with van der Waals surface area (Å²) < 4.78 is 4.96. The number of hydrogen-bond donors (Lipinski definition) is 0. The molecular formula is C18H42O. The van der Waals surface area contributed by atoms with E-state index in [1.165, 1.54) is 44.9 Å². The van der Waals surface area contributed by atoms with Crippen LogP contribution in [0, 0.1) is 0 Å². The molecule has 0 radical (unpaired) electrons. The van der Waals surface area contributed by atoms with Crippen LogP contribution in [0.15, 0.2) is 12.3 Å². The van der Waals surface area contributed by atoms with Crippen LogP contribution in [0.25, 0.3) is 0 Å². The highest BCUT2D eigenvalue weighted by molar-refractivity contribution is 4.80. The molecule has 0 aliphatic carbocycles. The van der Waals surface area contributed by atoms with Crippen LogP contribution < -0.4 is 0 Å². The van der Waals surface area contributed by atoms with E-state index < -0.39 is 0 Å². The lowest BCUT2D eigenvalue weighted by Crippen LogP contribution is -1.85. The largest absolute Gasteiger partial charge is 0.502 e. The number of ether oxygens (including phenoxy) is 1. The maximum Gasteiger partial charge on any atom is 0.0883 e. The summed E-state index contributed by atoms with van der Waals surface area (Å²) in [6.07, 6.45) is 10.2. The van der Waals surface area contributed by atoms with Crippen molar-refractivity contribution in [1.82, 2.24) is 0 Å². The molecule has 0 bridgehead atoms. The normalized spacial score (nSPS) is 7.79. The quantitative estimate of drug-likeness (QED) is 0.332. The van der Waals surface area contributed by atoms with Crippen LogP contribution in [0.4, 0.5) is 0 Å². The van der Waals surface area contributed by atoms with Crippen LogP contribution in [-0.4, -0.2) is 7.11 Å². The van der Waals surface area contributed by atoms with Crippen molar-refractivity contribution in [2.24, 2.45) is 0 Å².